The molecule has 0 amide bonds. The molecule has 0 aliphatic heterocycles. The van der Waals surface area contributed by atoms with Crippen molar-refractivity contribution < 1.29 is 23.5 Å². The van der Waals surface area contributed by atoms with Gasteiger partial charge in [0.2, 0.25) is 3.79 Å². The van der Waals surface area contributed by atoms with Gasteiger partial charge >= 0.3 is 11.9 Å². The Kier molecular flexibility index (Phi) is 10.4. The molecule has 0 spiro atoms. The van der Waals surface area contributed by atoms with Crippen molar-refractivity contribution in [1.82, 2.24) is 0 Å². The third-order valence-electron chi connectivity index (χ3n) is 5.03. The Labute approximate surface area is 208 Å². The predicted molar refractivity (Wildman–Crippen MR) is 131 cm³/mol. The van der Waals surface area contributed by atoms with Crippen molar-refractivity contribution in [1.29, 1.82) is 0 Å². The van der Waals surface area contributed by atoms with E-state index >= 15 is 0 Å². The summed E-state index contributed by atoms with van der Waals surface area (Å²) in [4.78, 5) is 25.2. The van der Waals surface area contributed by atoms with Gasteiger partial charge in [0.1, 0.15) is 6.61 Å². The second kappa shape index (κ2) is 11.4. The van der Waals surface area contributed by atoms with Crippen LogP contribution in [0.1, 0.15) is 38.7 Å². The number of allylic oxidation sites excluding steroid dienone is 1. The van der Waals surface area contributed by atoms with E-state index in [2.05, 4.69) is 36.7 Å². The smallest absolute Gasteiger partial charge is 0.371 e. The summed E-state index contributed by atoms with van der Waals surface area (Å²) in [6.07, 6.45) is 1.70. The minimum atomic E-state index is -2.32. The molecular formula is C21H28BrCl3O5Si. The lowest BCUT2D eigenvalue weighted by Crippen LogP contribution is -2.41. The molecule has 0 unspecified atom stereocenters. The summed E-state index contributed by atoms with van der Waals surface area (Å²) in [6, 6.07) is 7.18. The Morgan fingerprint density at radius 1 is 1.13 bits per heavy atom. The van der Waals surface area contributed by atoms with E-state index in [1.165, 1.54) is 7.11 Å². The highest BCUT2D eigenvalue weighted by Gasteiger charge is 2.40. The molecule has 0 aliphatic carbocycles. The van der Waals surface area contributed by atoms with Crippen molar-refractivity contribution in [2.24, 2.45) is 0 Å². The molecule has 10 heteroatoms. The average molecular weight is 575 g/mol. The van der Waals surface area contributed by atoms with Gasteiger partial charge in [0.25, 0.3) is 8.32 Å². The lowest BCUT2D eigenvalue weighted by molar-refractivity contribution is -0.145. The fourth-order valence-electron chi connectivity index (χ4n) is 2.24. The van der Waals surface area contributed by atoms with Crippen molar-refractivity contribution in [2.45, 2.75) is 55.0 Å². The number of esters is 2. The van der Waals surface area contributed by atoms with Crippen LogP contribution in [0.2, 0.25) is 18.1 Å². The molecule has 0 heterocycles. The van der Waals surface area contributed by atoms with E-state index in [-0.39, 0.29) is 17.2 Å². The lowest BCUT2D eigenvalue weighted by Gasteiger charge is -2.36. The van der Waals surface area contributed by atoms with E-state index in [0.717, 1.165) is 4.47 Å². The van der Waals surface area contributed by atoms with Gasteiger partial charge in [-0.25, -0.2) is 4.79 Å². The molecule has 0 saturated heterocycles. The highest BCUT2D eigenvalue weighted by molar-refractivity contribution is 9.10. The second-order valence-electron chi connectivity index (χ2n) is 8.49. The molecule has 1 aromatic rings. The van der Waals surface area contributed by atoms with Crippen LogP contribution in [-0.4, -0.2) is 37.8 Å². The molecule has 1 atom stereocenters. The molecule has 0 saturated carbocycles. The highest BCUT2D eigenvalue weighted by atomic mass is 79.9. The molecule has 5 nitrogen and oxygen atoms in total. The van der Waals surface area contributed by atoms with Crippen LogP contribution in [0.15, 0.2) is 40.6 Å². The first-order valence-corrected chi connectivity index (χ1v) is 14.4. The van der Waals surface area contributed by atoms with Crippen molar-refractivity contribution in [3.8, 4) is 0 Å². The minimum Gasteiger partial charge on any atom is -0.539 e. The average Bonchev–Trinajstić information content (AvgIpc) is 2.64. The summed E-state index contributed by atoms with van der Waals surface area (Å²) in [6.45, 7) is 9.83. The number of carbonyl (C=O) groups is 2. The number of hydrogen-bond donors (Lipinski definition) is 0. The lowest BCUT2D eigenvalue weighted by atomic mass is 9.95. The maximum absolute atomic E-state index is 12.8. The van der Waals surface area contributed by atoms with E-state index < -0.39 is 36.6 Å². The first-order chi connectivity index (χ1) is 14.1. The van der Waals surface area contributed by atoms with Crippen LogP contribution in [0.3, 0.4) is 0 Å². The van der Waals surface area contributed by atoms with Crippen LogP contribution in [0.5, 0.6) is 0 Å². The highest BCUT2D eigenvalue weighted by Crippen LogP contribution is 2.38. The normalized spacial score (nSPS) is 14.1. The predicted octanol–water partition coefficient (Wildman–Crippen LogP) is 6.91. The van der Waals surface area contributed by atoms with Crippen molar-refractivity contribution in [2.75, 3.05) is 13.7 Å². The summed E-state index contributed by atoms with van der Waals surface area (Å²) in [5.41, 5.74) is 0.685. The summed E-state index contributed by atoms with van der Waals surface area (Å²) in [5, 5.41) is -0.130. The molecule has 1 aromatic carbocycles. The molecule has 0 aliphatic rings. The third-order valence-corrected chi connectivity index (χ3v) is 10.2. The molecule has 0 N–H and O–H groups in total. The van der Waals surface area contributed by atoms with Crippen LogP contribution in [-0.2, 0) is 23.5 Å². The number of rotatable bonds is 8. The Morgan fingerprint density at radius 2 is 1.68 bits per heavy atom. The Hall–Kier alpha value is -0.733. The van der Waals surface area contributed by atoms with Gasteiger partial charge in [0.15, 0.2) is 5.76 Å². The van der Waals surface area contributed by atoms with Gasteiger partial charge in [0.05, 0.1) is 13.0 Å². The van der Waals surface area contributed by atoms with Crippen LogP contribution in [0, 0.1) is 0 Å². The van der Waals surface area contributed by atoms with E-state index in [4.69, 9.17) is 48.7 Å². The van der Waals surface area contributed by atoms with E-state index in [1.807, 2.05) is 25.2 Å². The maximum Gasteiger partial charge on any atom is 0.371 e. The molecule has 174 valence electrons. The van der Waals surface area contributed by atoms with Gasteiger partial charge in [-0.15, -0.1) is 0 Å². The standard InChI is InChI=1S/C21H28BrCl3O5Si/c1-20(2,3)31(5,6)30-17(19(27)28-4)12-11-16(14-7-9-15(22)10-8-14)18(26)29-13-21(23,24)25/h7-10,12,16H,11,13H2,1-6H3/b17-12-/t16-/m0/s1. The van der Waals surface area contributed by atoms with E-state index in [0.29, 0.717) is 5.56 Å². The van der Waals surface area contributed by atoms with E-state index in [9.17, 15) is 9.59 Å². The zero-order chi connectivity index (χ0) is 24.0. The molecule has 0 radical (unpaired) electrons. The van der Waals surface area contributed by atoms with Gasteiger partial charge in [-0.05, 0) is 48.3 Å². The monoisotopic (exact) mass is 572 g/mol. The summed E-state index contributed by atoms with van der Waals surface area (Å²) < 4.78 is 15.4. The number of alkyl halides is 3. The van der Waals surface area contributed by atoms with Gasteiger partial charge in [0, 0.05) is 4.47 Å². The Morgan fingerprint density at radius 3 is 2.13 bits per heavy atom. The number of hydrogen-bond acceptors (Lipinski definition) is 5. The number of ether oxygens (including phenoxy) is 2. The molecular weight excluding hydrogens is 547 g/mol. The van der Waals surface area contributed by atoms with Crippen LogP contribution in [0.25, 0.3) is 0 Å². The summed E-state index contributed by atoms with van der Waals surface area (Å²) in [7, 11) is -1.03. The molecule has 0 bridgehead atoms. The van der Waals surface area contributed by atoms with Crippen LogP contribution >= 0.6 is 50.7 Å². The largest absolute Gasteiger partial charge is 0.539 e. The van der Waals surface area contributed by atoms with Gasteiger partial charge in [-0.3, -0.25) is 4.79 Å². The number of benzene rings is 1. The maximum atomic E-state index is 12.8. The van der Waals surface area contributed by atoms with Crippen LogP contribution in [0.4, 0.5) is 0 Å². The molecule has 0 fully saturated rings. The molecule has 0 aromatic heterocycles. The van der Waals surface area contributed by atoms with Gasteiger partial charge in [-0.2, -0.15) is 0 Å². The van der Waals surface area contributed by atoms with Gasteiger partial charge in [-0.1, -0.05) is 83.6 Å². The van der Waals surface area contributed by atoms with Crippen LogP contribution < -0.4 is 0 Å². The number of carbonyl (C=O) groups excluding carboxylic acids is 2. The zero-order valence-corrected chi connectivity index (χ0v) is 23.3. The van der Waals surface area contributed by atoms with Crippen molar-refractivity contribution >= 4 is 71.0 Å². The third kappa shape index (κ3) is 9.34. The fraction of sp³-hybridized carbons (Fsp3) is 0.524. The SMILES string of the molecule is COC(=O)/C(=C/C[C@H](C(=O)OCC(Cl)(Cl)Cl)c1ccc(Br)cc1)O[Si](C)(C)C(C)(C)C. The zero-order valence-electron chi connectivity index (χ0n) is 18.4. The fourth-order valence-corrected chi connectivity index (χ4v) is 3.69. The first kappa shape index (κ1) is 28.3. The van der Waals surface area contributed by atoms with Crippen molar-refractivity contribution in [3.63, 3.8) is 0 Å². The Bertz CT molecular complexity index is 799. The quantitative estimate of drug-likeness (QED) is 0.111. The summed E-state index contributed by atoms with van der Waals surface area (Å²) in [5.74, 6) is -1.84. The van der Waals surface area contributed by atoms with Gasteiger partial charge < -0.3 is 13.9 Å². The molecule has 1 rings (SSSR count). The summed E-state index contributed by atoms with van der Waals surface area (Å²) >= 11 is 20.5. The number of methoxy groups -OCH3 is 1. The topological polar surface area (TPSA) is 61.8 Å². The Balaban J connectivity index is 3.24. The van der Waals surface area contributed by atoms with E-state index in [1.54, 1.807) is 18.2 Å². The minimum absolute atomic E-state index is 0.0744. The number of halogens is 4. The second-order valence-corrected chi connectivity index (χ2v) is 16.6. The van der Waals surface area contributed by atoms with Crippen molar-refractivity contribution in [3.05, 3.63) is 46.1 Å². The first-order valence-electron chi connectivity index (χ1n) is 9.54. The molecule has 31 heavy (non-hydrogen) atoms.